The summed E-state index contributed by atoms with van der Waals surface area (Å²) in [5, 5.41) is 11.9. The van der Waals surface area contributed by atoms with Gasteiger partial charge in [0.2, 0.25) is 5.91 Å². The third kappa shape index (κ3) is 7.50. The van der Waals surface area contributed by atoms with Crippen molar-refractivity contribution >= 4 is 47.2 Å². The van der Waals surface area contributed by atoms with Crippen molar-refractivity contribution < 1.29 is 14.7 Å². The highest BCUT2D eigenvalue weighted by Crippen LogP contribution is 2.21. The lowest BCUT2D eigenvalue weighted by Gasteiger charge is -2.37. The molecule has 1 aliphatic rings. The lowest BCUT2D eigenvalue weighted by molar-refractivity contribution is -0.139. The Labute approximate surface area is 163 Å². The average molecular weight is 410 g/mol. The molecule has 1 fully saturated rings. The number of hydrogen-bond acceptors (Lipinski definition) is 5. The van der Waals surface area contributed by atoms with Gasteiger partial charge in [-0.15, -0.1) is 23.7 Å². The van der Waals surface area contributed by atoms with Gasteiger partial charge < -0.3 is 10.4 Å². The van der Waals surface area contributed by atoms with E-state index in [1.807, 2.05) is 24.0 Å². The predicted octanol–water partition coefficient (Wildman–Crippen LogP) is 2.31. The Bertz CT molecular complexity index is 563. The molecule has 0 spiro atoms. The van der Waals surface area contributed by atoms with E-state index in [2.05, 4.69) is 10.2 Å². The smallest absolute Gasteiger partial charge is 0.317 e. The number of rotatable bonds is 8. The molecule has 1 aromatic rings. The summed E-state index contributed by atoms with van der Waals surface area (Å²) in [4.78, 5) is 28.1. The first kappa shape index (κ1) is 22.2. The summed E-state index contributed by atoms with van der Waals surface area (Å²) >= 11 is 7.34. The average Bonchev–Trinajstić information content (AvgIpc) is 2.97. The number of piperidine rings is 1. The molecule has 0 bridgehead atoms. The topological polar surface area (TPSA) is 72.9 Å². The van der Waals surface area contributed by atoms with Gasteiger partial charge in [-0.1, -0.05) is 18.5 Å². The first-order valence-electron chi connectivity index (χ1n) is 8.17. The molecule has 1 aromatic heterocycles. The zero-order valence-electron chi connectivity index (χ0n) is 14.2. The number of carbonyl (C=O) groups is 2. The maximum atomic E-state index is 12.0. The van der Waals surface area contributed by atoms with Crippen LogP contribution in [0.5, 0.6) is 0 Å². The number of likely N-dealkylation sites (N-methyl/N-ethyl adjacent to an activating group) is 1. The molecule has 2 heterocycles. The molecule has 2 rings (SSSR count). The van der Waals surface area contributed by atoms with Crippen LogP contribution >= 0.6 is 35.3 Å². The lowest BCUT2D eigenvalue weighted by atomic mass is 10.0. The zero-order valence-corrected chi connectivity index (χ0v) is 16.6. The summed E-state index contributed by atoms with van der Waals surface area (Å²) in [6, 6.07) is 4.04. The highest BCUT2D eigenvalue weighted by molar-refractivity contribution is 7.16. The summed E-state index contributed by atoms with van der Waals surface area (Å²) in [7, 11) is 0. The van der Waals surface area contributed by atoms with Crippen molar-refractivity contribution in [2.45, 2.75) is 32.4 Å². The van der Waals surface area contributed by atoms with Crippen LogP contribution in [-0.4, -0.2) is 65.5 Å². The Morgan fingerprint density at radius 1 is 1.40 bits per heavy atom. The number of hydrogen-bond donors (Lipinski definition) is 2. The van der Waals surface area contributed by atoms with Gasteiger partial charge in [0.1, 0.15) is 0 Å². The Balaban J connectivity index is 0.00000312. The first-order chi connectivity index (χ1) is 11.5. The van der Waals surface area contributed by atoms with E-state index in [-0.39, 0.29) is 24.9 Å². The second-order valence-electron chi connectivity index (χ2n) is 5.95. The van der Waals surface area contributed by atoms with E-state index in [0.29, 0.717) is 19.1 Å². The van der Waals surface area contributed by atoms with Crippen molar-refractivity contribution in [2.75, 3.05) is 32.7 Å². The standard InChI is InChI=1S/C16H24ClN3O3S.ClH/c1-2-20(11-16(22)23)12-5-7-19(8-6-12)10-15(21)18-9-13-3-4-14(17)24-13;/h3-4,12H,2,5-11H2,1H3,(H,18,21)(H,22,23);1H. The van der Waals surface area contributed by atoms with Crippen LogP contribution in [0.25, 0.3) is 0 Å². The van der Waals surface area contributed by atoms with E-state index < -0.39 is 5.97 Å². The van der Waals surface area contributed by atoms with Crippen molar-refractivity contribution in [1.82, 2.24) is 15.1 Å². The minimum absolute atomic E-state index is 0. The number of nitrogens with zero attached hydrogens (tertiary/aromatic N) is 2. The summed E-state index contributed by atoms with van der Waals surface area (Å²) in [6.45, 7) is 5.34. The Hall–Kier alpha value is -0.860. The molecule has 0 saturated carbocycles. The molecule has 0 radical (unpaired) electrons. The summed E-state index contributed by atoms with van der Waals surface area (Å²) in [6.07, 6.45) is 1.80. The number of carboxylic acids is 1. The molecule has 6 nitrogen and oxygen atoms in total. The molecular formula is C16H25Cl2N3O3S. The van der Waals surface area contributed by atoms with Gasteiger partial charge in [-0.2, -0.15) is 0 Å². The van der Waals surface area contributed by atoms with Crippen LogP contribution in [-0.2, 0) is 16.1 Å². The van der Waals surface area contributed by atoms with E-state index in [1.165, 1.54) is 11.3 Å². The van der Waals surface area contributed by atoms with Crippen LogP contribution in [0.15, 0.2) is 12.1 Å². The number of nitrogens with one attached hydrogen (secondary N) is 1. The van der Waals surface area contributed by atoms with Crippen LogP contribution in [0.1, 0.15) is 24.6 Å². The number of carboxylic acid groups (broad SMARTS) is 1. The van der Waals surface area contributed by atoms with Crippen LogP contribution in [0.2, 0.25) is 4.34 Å². The van der Waals surface area contributed by atoms with E-state index in [9.17, 15) is 9.59 Å². The third-order valence-corrected chi connectivity index (χ3v) is 5.51. The number of likely N-dealkylation sites (tertiary alicyclic amines) is 1. The van der Waals surface area contributed by atoms with Crippen molar-refractivity contribution in [1.29, 1.82) is 0 Å². The minimum Gasteiger partial charge on any atom is -0.480 e. The van der Waals surface area contributed by atoms with Crippen LogP contribution in [0, 0.1) is 0 Å². The Morgan fingerprint density at radius 3 is 2.60 bits per heavy atom. The number of thiophene rings is 1. The fourth-order valence-corrected chi connectivity index (χ4v) is 4.03. The van der Waals surface area contributed by atoms with Gasteiger partial charge in [0, 0.05) is 24.0 Å². The molecule has 0 aromatic carbocycles. The number of amides is 1. The SMILES string of the molecule is CCN(CC(=O)O)C1CCN(CC(=O)NCc2ccc(Cl)s2)CC1.Cl. The molecule has 1 aliphatic heterocycles. The van der Waals surface area contributed by atoms with Crippen molar-refractivity contribution in [3.63, 3.8) is 0 Å². The fraction of sp³-hybridized carbons (Fsp3) is 0.625. The van der Waals surface area contributed by atoms with E-state index in [1.54, 1.807) is 0 Å². The maximum absolute atomic E-state index is 12.0. The molecular weight excluding hydrogens is 385 g/mol. The molecule has 2 N–H and O–H groups in total. The second-order valence-corrected chi connectivity index (χ2v) is 7.75. The third-order valence-electron chi connectivity index (χ3n) is 4.27. The largest absolute Gasteiger partial charge is 0.480 e. The second kappa shape index (κ2) is 11.0. The van der Waals surface area contributed by atoms with E-state index in [4.69, 9.17) is 16.7 Å². The molecule has 1 amide bonds. The monoisotopic (exact) mass is 409 g/mol. The minimum atomic E-state index is -0.785. The molecule has 0 unspecified atom stereocenters. The molecule has 9 heteroatoms. The number of halogens is 2. The van der Waals surface area contributed by atoms with Gasteiger partial charge in [-0.3, -0.25) is 19.4 Å². The summed E-state index contributed by atoms with van der Waals surface area (Å²) < 4.78 is 0.725. The van der Waals surface area contributed by atoms with Crippen molar-refractivity contribution in [3.05, 3.63) is 21.3 Å². The molecule has 0 atom stereocenters. The highest BCUT2D eigenvalue weighted by atomic mass is 35.5. The quantitative estimate of drug-likeness (QED) is 0.688. The van der Waals surface area contributed by atoms with Gasteiger partial charge in [0.15, 0.2) is 0 Å². The van der Waals surface area contributed by atoms with Crippen molar-refractivity contribution in [2.24, 2.45) is 0 Å². The van der Waals surface area contributed by atoms with Crippen LogP contribution < -0.4 is 5.32 Å². The molecule has 142 valence electrons. The van der Waals surface area contributed by atoms with Gasteiger partial charge >= 0.3 is 5.97 Å². The number of carbonyl (C=O) groups excluding carboxylic acids is 1. The summed E-state index contributed by atoms with van der Waals surface area (Å²) in [5.74, 6) is -0.775. The normalized spacial score (nSPS) is 15.8. The molecule has 0 aliphatic carbocycles. The van der Waals surface area contributed by atoms with Gasteiger partial charge in [0.25, 0.3) is 0 Å². The molecule has 1 saturated heterocycles. The van der Waals surface area contributed by atoms with E-state index >= 15 is 0 Å². The predicted molar refractivity (Wildman–Crippen MR) is 103 cm³/mol. The molecule has 25 heavy (non-hydrogen) atoms. The van der Waals surface area contributed by atoms with E-state index in [0.717, 1.165) is 41.7 Å². The zero-order chi connectivity index (χ0) is 17.5. The lowest BCUT2D eigenvalue weighted by Crippen LogP contribution is -2.48. The Kier molecular flexibility index (Phi) is 9.74. The fourth-order valence-electron chi connectivity index (χ4n) is 3.01. The van der Waals surface area contributed by atoms with Crippen LogP contribution in [0.4, 0.5) is 0 Å². The number of aliphatic carboxylic acids is 1. The summed E-state index contributed by atoms with van der Waals surface area (Å²) in [5.41, 5.74) is 0. The van der Waals surface area contributed by atoms with Crippen LogP contribution in [0.3, 0.4) is 0 Å². The Morgan fingerprint density at radius 2 is 2.08 bits per heavy atom. The highest BCUT2D eigenvalue weighted by Gasteiger charge is 2.25. The first-order valence-corrected chi connectivity index (χ1v) is 9.36. The van der Waals surface area contributed by atoms with Gasteiger partial charge in [-0.05, 0) is 31.5 Å². The van der Waals surface area contributed by atoms with Gasteiger partial charge in [-0.25, -0.2) is 0 Å². The van der Waals surface area contributed by atoms with Crippen molar-refractivity contribution in [3.8, 4) is 0 Å². The van der Waals surface area contributed by atoms with Gasteiger partial charge in [0.05, 0.1) is 24.0 Å². The maximum Gasteiger partial charge on any atom is 0.317 e.